The molecule has 3 aromatic rings. The van der Waals surface area contributed by atoms with Gasteiger partial charge in [-0.15, -0.1) is 6.42 Å². The minimum Gasteiger partial charge on any atom is -0.302 e. The lowest BCUT2D eigenvalue weighted by molar-refractivity contribution is 0.0997. The molecule has 2 aromatic carbocycles. The molecule has 0 aliphatic heterocycles. The van der Waals surface area contributed by atoms with E-state index in [1.54, 1.807) is 25.1 Å². The van der Waals surface area contributed by atoms with E-state index in [0.717, 1.165) is 23.0 Å². The van der Waals surface area contributed by atoms with E-state index in [1.807, 2.05) is 6.07 Å². The minimum atomic E-state index is -0.735. The lowest BCUT2D eigenvalue weighted by Gasteiger charge is -2.02. The van der Waals surface area contributed by atoms with Gasteiger partial charge in [-0.2, -0.15) is 4.99 Å². The number of rotatable bonds is 2. The monoisotopic (exact) mass is 342 g/mol. The van der Waals surface area contributed by atoms with Crippen molar-refractivity contribution in [2.24, 2.45) is 4.99 Å². The zero-order chi connectivity index (χ0) is 17.3. The van der Waals surface area contributed by atoms with Gasteiger partial charge < -0.3 is 4.57 Å². The highest BCUT2D eigenvalue weighted by atomic mass is 32.1. The average Bonchev–Trinajstić information content (AvgIpc) is 2.85. The van der Waals surface area contributed by atoms with Crippen molar-refractivity contribution in [1.82, 2.24) is 4.57 Å². The Hall–Kier alpha value is -2.78. The van der Waals surface area contributed by atoms with Crippen LogP contribution in [0.1, 0.15) is 15.9 Å². The van der Waals surface area contributed by atoms with Crippen molar-refractivity contribution in [2.45, 2.75) is 13.5 Å². The van der Waals surface area contributed by atoms with Crippen LogP contribution in [0.3, 0.4) is 0 Å². The molecule has 0 aliphatic rings. The number of amides is 1. The van der Waals surface area contributed by atoms with Gasteiger partial charge >= 0.3 is 0 Å². The van der Waals surface area contributed by atoms with Gasteiger partial charge in [-0.05, 0) is 24.6 Å². The fraction of sp³-hybridized carbons (Fsp3) is 0.111. The smallest absolute Gasteiger partial charge is 0.279 e. The number of fused-ring (bicyclic) bond motifs is 1. The number of benzene rings is 2. The fourth-order valence-electron chi connectivity index (χ4n) is 2.41. The van der Waals surface area contributed by atoms with Crippen molar-refractivity contribution >= 4 is 27.5 Å². The van der Waals surface area contributed by atoms with Crippen LogP contribution >= 0.6 is 11.3 Å². The van der Waals surface area contributed by atoms with Gasteiger partial charge in [0.1, 0.15) is 5.82 Å². The Morgan fingerprint density at radius 2 is 2.08 bits per heavy atom. The molecule has 24 heavy (non-hydrogen) atoms. The van der Waals surface area contributed by atoms with Crippen molar-refractivity contribution in [3.8, 4) is 12.3 Å². The molecule has 3 rings (SSSR count). The number of aryl methyl sites for hydroxylation is 1. The molecular formula is C18H12F2N2OS. The summed E-state index contributed by atoms with van der Waals surface area (Å²) in [5.74, 6) is 0.530. The van der Waals surface area contributed by atoms with E-state index >= 15 is 0 Å². The fourth-order valence-corrected chi connectivity index (χ4v) is 3.48. The first kappa shape index (κ1) is 16.1. The number of halogens is 2. The van der Waals surface area contributed by atoms with E-state index < -0.39 is 17.5 Å². The average molecular weight is 342 g/mol. The van der Waals surface area contributed by atoms with Gasteiger partial charge in [0, 0.05) is 11.6 Å². The summed E-state index contributed by atoms with van der Waals surface area (Å²) in [7, 11) is 0. The molecule has 0 atom stereocenters. The Kier molecular flexibility index (Phi) is 4.28. The number of carbonyl (C=O) groups excluding carboxylic acids is 1. The maximum Gasteiger partial charge on any atom is 0.279 e. The predicted octanol–water partition coefficient (Wildman–Crippen LogP) is 3.66. The van der Waals surface area contributed by atoms with E-state index in [0.29, 0.717) is 10.3 Å². The van der Waals surface area contributed by atoms with Gasteiger partial charge in [-0.1, -0.05) is 35.5 Å². The van der Waals surface area contributed by atoms with Crippen LogP contribution in [0, 0.1) is 30.9 Å². The first-order chi connectivity index (χ1) is 11.5. The quantitative estimate of drug-likeness (QED) is 0.655. The second-order valence-corrected chi connectivity index (χ2v) is 6.15. The van der Waals surface area contributed by atoms with E-state index in [4.69, 9.17) is 6.42 Å². The molecule has 0 N–H and O–H groups in total. The van der Waals surface area contributed by atoms with E-state index in [1.165, 1.54) is 10.6 Å². The predicted molar refractivity (Wildman–Crippen MR) is 89.6 cm³/mol. The highest BCUT2D eigenvalue weighted by Gasteiger charge is 2.14. The highest BCUT2D eigenvalue weighted by Crippen LogP contribution is 2.22. The summed E-state index contributed by atoms with van der Waals surface area (Å²) in [4.78, 5) is 16.7. The molecule has 1 heterocycles. The number of aromatic nitrogens is 1. The Labute approximate surface area is 140 Å². The van der Waals surface area contributed by atoms with Crippen LogP contribution < -0.4 is 4.80 Å². The number of nitrogens with zero attached hydrogens (tertiary/aromatic N) is 2. The lowest BCUT2D eigenvalue weighted by Crippen LogP contribution is -2.17. The molecule has 1 amide bonds. The first-order valence-corrected chi connectivity index (χ1v) is 7.89. The molecule has 1 aromatic heterocycles. The van der Waals surface area contributed by atoms with Crippen molar-refractivity contribution in [1.29, 1.82) is 0 Å². The molecule has 0 bridgehead atoms. The van der Waals surface area contributed by atoms with Gasteiger partial charge in [-0.3, -0.25) is 4.79 Å². The van der Waals surface area contributed by atoms with Crippen LogP contribution in [0.25, 0.3) is 10.2 Å². The van der Waals surface area contributed by atoms with E-state index in [9.17, 15) is 13.6 Å². The maximum absolute atomic E-state index is 14.1. The SMILES string of the molecule is C#CCn1c(=NC(=O)c2ccccc2C)sc2cc(F)cc(F)c21. The standard InChI is InChI=1S/C18H12F2N2OS/c1-3-8-22-16-14(20)9-12(19)10-15(16)24-18(22)21-17(23)13-7-5-4-6-11(13)2/h1,4-7,9-10H,8H2,2H3. The zero-order valence-electron chi connectivity index (χ0n) is 12.7. The van der Waals surface area contributed by atoms with Crippen molar-refractivity contribution in [3.05, 3.63) is 64.0 Å². The van der Waals surface area contributed by atoms with Crippen molar-refractivity contribution in [2.75, 3.05) is 0 Å². The summed E-state index contributed by atoms with van der Waals surface area (Å²) < 4.78 is 29.3. The third-order valence-electron chi connectivity index (χ3n) is 3.52. The number of terminal acetylenes is 1. The van der Waals surface area contributed by atoms with Crippen LogP contribution in [0.15, 0.2) is 41.4 Å². The Morgan fingerprint density at radius 1 is 1.33 bits per heavy atom. The van der Waals surface area contributed by atoms with Gasteiger partial charge in [-0.25, -0.2) is 8.78 Å². The van der Waals surface area contributed by atoms with Gasteiger partial charge in [0.2, 0.25) is 0 Å². The molecule has 6 heteroatoms. The topological polar surface area (TPSA) is 34.4 Å². The second kappa shape index (κ2) is 6.38. The number of hydrogen-bond acceptors (Lipinski definition) is 2. The lowest BCUT2D eigenvalue weighted by atomic mass is 10.1. The van der Waals surface area contributed by atoms with Crippen molar-refractivity contribution < 1.29 is 13.6 Å². The molecule has 0 unspecified atom stereocenters. The van der Waals surface area contributed by atoms with Crippen LogP contribution in [0.5, 0.6) is 0 Å². The maximum atomic E-state index is 14.1. The van der Waals surface area contributed by atoms with Gasteiger partial charge in [0.15, 0.2) is 10.6 Å². The largest absolute Gasteiger partial charge is 0.302 e. The molecule has 0 aliphatic carbocycles. The number of hydrogen-bond donors (Lipinski definition) is 0. The molecule has 0 saturated carbocycles. The van der Waals surface area contributed by atoms with E-state index in [2.05, 4.69) is 10.9 Å². The number of thiazole rings is 1. The van der Waals surface area contributed by atoms with Crippen LogP contribution in [0.2, 0.25) is 0 Å². The summed E-state index contributed by atoms with van der Waals surface area (Å²) >= 11 is 1.02. The highest BCUT2D eigenvalue weighted by molar-refractivity contribution is 7.16. The summed E-state index contributed by atoms with van der Waals surface area (Å²) in [6.45, 7) is 1.83. The Morgan fingerprint density at radius 3 is 2.79 bits per heavy atom. The molecule has 120 valence electrons. The summed E-state index contributed by atoms with van der Waals surface area (Å²) in [6, 6.07) is 9.02. The van der Waals surface area contributed by atoms with Crippen LogP contribution in [0.4, 0.5) is 8.78 Å². The molecule has 0 radical (unpaired) electrons. The molecular weight excluding hydrogens is 330 g/mol. The third kappa shape index (κ3) is 2.86. The zero-order valence-corrected chi connectivity index (χ0v) is 13.5. The molecule has 0 fully saturated rings. The first-order valence-electron chi connectivity index (χ1n) is 7.08. The van der Waals surface area contributed by atoms with Crippen molar-refractivity contribution in [3.63, 3.8) is 0 Å². The Balaban J connectivity index is 2.24. The van der Waals surface area contributed by atoms with Crippen LogP contribution in [-0.2, 0) is 6.54 Å². The summed E-state index contributed by atoms with van der Waals surface area (Å²) in [5.41, 5.74) is 1.39. The summed E-state index contributed by atoms with van der Waals surface area (Å²) in [6.07, 6.45) is 5.34. The normalized spacial score (nSPS) is 11.7. The van der Waals surface area contributed by atoms with E-state index in [-0.39, 0.29) is 16.9 Å². The minimum absolute atomic E-state index is 0.0302. The summed E-state index contributed by atoms with van der Waals surface area (Å²) in [5, 5.41) is 0. The molecule has 3 nitrogen and oxygen atoms in total. The number of carbonyl (C=O) groups is 1. The molecule has 0 saturated heterocycles. The molecule has 0 spiro atoms. The second-order valence-electron chi connectivity index (χ2n) is 5.14. The van der Waals surface area contributed by atoms with Gasteiger partial charge in [0.25, 0.3) is 5.91 Å². The van der Waals surface area contributed by atoms with Gasteiger partial charge in [0.05, 0.1) is 16.8 Å². The third-order valence-corrected chi connectivity index (χ3v) is 4.54. The Bertz CT molecular complexity index is 1060. The van der Waals surface area contributed by atoms with Crippen LogP contribution in [-0.4, -0.2) is 10.5 Å².